The van der Waals surface area contributed by atoms with Gasteiger partial charge < -0.3 is 10.2 Å². The number of aliphatic hydroxyl groups is 2. The molecule has 2 heterocycles. The molecule has 0 saturated carbocycles. The second-order valence-corrected chi connectivity index (χ2v) is 6.97. The highest BCUT2D eigenvalue weighted by atomic mass is 32.2. The molecule has 0 spiro atoms. The predicted octanol–water partition coefficient (Wildman–Crippen LogP) is -2.25. The van der Waals surface area contributed by atoms with Crippen LogP contribution >= 0.6 is 0 Å². The number of aliphatic hydroxyl groups excluding tert-OH is 2. The van der Waals surface area contributed by atoms with E-state index in [4.69, 9.17) is 5.11 Å². The first-order valence-electron chi connectivity index (χ1n) is 5.97. The lowest BCUT2D eigenvalue weighted by molar-refractivity contribution is 0.0399. The lowest BCUT2D eigenvalue weighted by atomic mass is 10.1. The molecule has 2 rings (SSSR count). The van der Waals surface area contributed by atoms with Crippen LogP contribution in [0.15, 0.2) is 0 Å². The molecule has 7 heteroatoms. The van der Waals surface area contributed by atoms with Crippen molar-refractivity contribution >= 4 is 9.84 Å². The van der Waals surface area contributed by atoms with Crippen molar-refractivity contribution in [3.8, 4) is 0 Å². The normalized spacial score (nSPS) is 35.2. The van der Waals surface area contributed by atoms with E-state index in [2.05, 4.69) is 9.80 Å². The number of hydrogen-bond donors (Lipinski definition) is 2. The van der Waals surface area contributed by atoms with Crippen molar-refractivity contribution < 1.29 is 18.6 Å². The van der Waals surface area contributed by atoms with Crippen LogP contribution in [0.4, 0.5) is 0 Å². The van der Waals surface area contributed by atoms with Crippen LogP contribution in [0.1, 0.15) is 0 Å². The number of rotatable bonds is 3. The topological polar surface area (TPSA) is 81.1 Å². The van der Waals surface area contributed by atoms with Gasteiger partial charge in [0.05, 0.1) is 30.3 Å². The van der Waals surface area contributed by atoms with Gasteiger partial charge in [0.1, 0.15) is 0 Å². The molecule has 100 valence electrons. The van der Waals surface area contributed by atoms with Crippen LogP contribution in [0.3, 0.4) is 0 Å². The molecule has 0 aromatic heterocycles. The minimum atomic E-state index is -3.06. The molecule has 2 aliphatic rings. The fourth-order valence-corrected chi connectivity index (χ4v) is 4.45. The number of sulfone groups is 1. The fourth-order valence-electron chi connectivity index (χ4n) is 2.62. The predicted molar refractivity (Wildman–Crippen MR) is 63.5 cm³/mol. The van der Waals surface area contributed by atoms with Crippen LogP contribution in [0.25, 0.3) is 0 Å². The van der Waals surface area contributed by atoms with E-state index in [-0.39, 0.29) is 24.2 Å². The van der Waals surface area contributed by atoms with Gasteiger partial charge in [-0.25, -0.2) is 8.42 Å². The van der Waals surface area contributed by atoms with Gasteiger partial charge >= 0.3 is 0 Å². The molecule has 6 nitrogen and oxygen atoms in total. The third-order valence-electron chi connectivity index (χ3n) is 3.59. The Bertz CT molecular complexity index is 351. The lowest BCUT2D eigenvalue weighted by Crippen LogP contribution is -2.53. The third-order valence-corrected chi connectivity index (χ3v) is 5.28. The van der Waals surface area contributed by atoms with E-state index in [0.29, 0.717) is 6.54 Å². The second-order valence-electron chi connectivity index (χ2n) is 4.81. The number of hydrogen-bond acceptors (Lipinski definition) is 6. The van der Waals surface area contributed by atoms with E-state index in [1.54, 1.807) is 0 Å². The van der Waals surface area contributed by atoms with E-state index in [9.17, 15) is 13.5 Å². The standard InChI is InChI=1S/C10H20N2O4S/c13-6-5-11-1-3-12(4-2-11)9-7-17(15,16)8-10(9)14/h9-10,13-14H,1-8H2/t9-,10-/m1/s1. The van der Waals surface area contributed by atoms with Gasteiger partial charge in [0.2, 0.25) is 0 Å². The monoisotopic (exact) mass is 264 g/mol. The first kappa shape index (κ1) is 13.2. The summed E-state index contributed by atoms with van der Waals surface area (Å²) in [6, 6.07) is -0.240. The zero-order valence-corrected chi connectivity index (χ0v) is 10.6. The average molecular weight is 264 g/mol. The molecule has 0 amide bonds. The van der Waals surface area contributed by atoms with Crippen LogP contribution < -0.4 is 0 Å². The zero-order valence-electron chi connectivity index (χ0n) is 9.83. The van der Waals surface area contributed by atoms with Gasteiger partial charge in [0.25, 0.3) is 0 Å². The van der Waals surface area contributed by atoms with Crippen molar-refractivity contribution in [3.63, 3.8) is 0 Å². The largest absolute Gasteiger partial charge is 0.395 e. The smallest absolute Gasteiger partial charge is 0.154 e. The summed E-state index contributed by atoms with van der Waals surface area (Å²) in [5.74, 6) is -0.0251. The molecule has 17 heavy (non-hydrogen) atoms. The maximum absolute atomic E-state index is 11.4. The Morgan fingerprint density at radius 3 is 2.24 bits per heavy atom. The van der Waals surface area contributed by atoms with Crippen molar-refractivity contribution in [1.29, 1.82) is 0 Å². The Balaban J connectivity index is 1.89. The molecule has 2 aliphatic heterocycles. The Morgan fingerprint density at radius 2 is 1.76 bits per heavy atom. The van der Waals surface area contributed by atoms with E-state index in [1.165, 1.54) is 0 Å². The summed E-state index contributed by atoms with van der Waals surface area (Å²) in [7, 11) is -3.06. The van der Waals surface area contributed by atoms with E-state index in [1.807, 2.05) is 0 Å². The molecule has 2 fully saturated rings. The SMILES string of the molecule is O=S1(=O)C[C@@H](O)[C@H](N2CCN(CCO)CC2)C1. The number of piperazine rings is 1. The molecule has 0 bridgehead atoms. The van der Waals surface area contributed by atoms with Crippen LogP contribution in [0.5, 0.6) is 0 Å². The minimum absolute atomic E-state index is 0.0775. The van der Waals surface area contributed by atoms with Crippen molar-refractivity contribution in [2.24, 2.45) is 0 Å². The zero-order chi connectivity index (χ0) is 12.5. The Hall–Kier alpha value is -0.210. The Labute approximate surface area is 102 Å². The van der Waals surface area contributed by atoms with Gasteiger partial charge in [0.15, 0.2) is 9.84 Å². The molecule has 0 aliphatic carbocycles. The molecule has 0 radical (unpaired) electrons. The highest BCUT2D eigenvalue weighted by Gasteiger charge is 2.40. The summed E-state index contributed by atoms with van der Waals surface area (Å²) in [6.45, 7) is 3.99. The summed E-state index contributed by atoms with van der Waals surface area (Å²) in [5.41, 5.74) is 0. The highest BCUT2D eigenvalue weighted by Crippen LogP contribution is 2.19. The van der Waals surface area contributed by atoms with Gasteiger partial charge in [-0.15, -0.1) is 0 Å². The summed E-state index contributed by atoms with van der Waals surface area (Å²) in [4.78, 5) is 4.20. The molecule has 2 N–H and O–H groups in total. The Kier molecular flexibility index (Phi) is 4.04. The third kappa shape index (κ3) is 3.17. The van der Waals surface area contributed by atoms with E-state index < -0.39 is 15.9 Å². The van der Waals surface area contributed by atoms with E-state index >= 15 is 0 Å². The van der Waals surface area contributed by atoms with Gasteiger partial charge in [-0.3, -0.25) is 9.80 Å². The lowest BCUT2D eigenvalue weighted by Gasteiger charge is -2.38. The fraction of sp³-hybridized carbons (Fsp3) is 1.00. The van der Waals surface area contributed by atoms with Crippen LogP contribution in [-0.2, 0) is 9.84 Å². The van der Waals surface area contributed by atoms with Crippen LogP contribution in [-0.4, -0.2) is 91.4 Å². The maximum Gasteiger partial charge on any atom is 0.154 e. The molecule has 0 aromatic rings. The van der Waals surface area contributed by atoms with Gasteiger partial charge in [0, 0.05) is 32.7 Å². The van der Waals surface area contributed by atoms with Gasteiger partial charge in [-0.1, -0.05) is 0 Å². The molecular weight excluding hydrogens is 244 g/mol. The second kappa shape index (κ2) is 5.19. The highest BCUT2D eigenvalue weighted by molar-refractivity contribution is 7.91. The maximum atomic E-state index is 11.4. The molecular formula is C10H20N2O4S. The quantitative estimate of drug-likeness (QED) is 0.600. The molecule has 0 aromatic carbocycles. The number of nitrogens with zero attached hydrogens (tertiary/aromatic N) is 2. The molecule has 2 saturated heterocycles. The van der Waals surface area contributed by atoms with Gasteiger partial charge in [-0.05, 0) is 0 Å². The molecule has 2 atom stereocenters. The van der Waals surface area contributed by atoms with Gasteiger partial charge in [-0.2, -0.15) is 0 Å². The summed E-state index contributed by atoms with van der Waals surface area (Å²) in [5, 5.41) is 18.6. The number of β-amino-alcohol motifs (C(OH)–C–C–N with tert-alkyl or cyclic N) is 1. The molecule has 0 unspecified atom stereocenters. The van der Waals surface area contributed by atoms with Crippen molar-refractivity contribution in [3.05, 3.63) is 0 Å². The summed E-state index contributed by atoms with van der Waals surface area (Å²) >= 11 is 0. The Morgan fingerprint density at radius 1 is 1.12 bits per heavy atom. The van der Waals surface area contributed by atoms with Crippen molar-refractivity contribution in [2.75, 3.05) is 50.8 Å². The minimum Gasteiger partial charge on any atom is -0.395 e. The summed E-state index contributed by atoms with van der Waals surface area (Å²) in [6.07, 6.45) is -0.746. The first-order chi connectivity index (χ1) is 8.02. The van der Waals surface area contributed by atoms with Crippen molar-refractivity contribution in [1.82, 2.24) is 9.80 Å². The van der Waals surface area contributed by atoms with Crippen LogP contribution in [0, 0.1) is 0 Å². The van der Waals surface area contributed by atoms with Crippen LogP contribution in [0.2, 0.25) is 0 Å². The van der Waals surface area contributed by atoms with E-state index in [0.717, 1.165) is 26.2 Å². The summed E-state index contributed by atoms with van der Waals surface area (Å²) < 4.78 is 22.9. The van der Waals surface area contributed by atoms with Crippen molar-refractivity contribution in [2.45, 2.75) is 12.1 Å². The first-order valence-corrected chi connectivity index (χ1v) is 7.80. The average Bonchev–Trinajstić information content (AvgIpc) is 2.54.